The molecule has 1 aromatic heterocycles. The summed E-state index contributed by atoms with van der Waals surface area (Å²) in [5.74, 6) is 1.57. The maximum absolute atomic E-state index is 5.84. The number of nitrogens with two attached hydrogens (primary N) is 1. The molecule has 0 spiro atoms. The molecule has 2 rings (SSSR count). The van der Waals surface area contributed by atoms with Gasteiger partial charge in [-0.25, -0.2) is 0 Å². The van der Waals surface area contributed by atoms with Gasteiger partial charge in [0.2, 0.25) is 0 Å². The molecule has 0 radical (unpaired) electrons. The van der Waals surface area contributed by atoms with Crippen LogP contribution >= 0.6 is 0 Å². The van der Waals surface area contributed by atoms with Crippen LogP contribution in [-0.4, -0.2) is 12.3 Å². The molecule has 1 aromatic carbocycles. The molecule has 1 heterocycles. The van der Waals surface area contributed by atoms with Crippen LogP contribution in [0.1, 0.15) is 28.1 Å². The summed E-state index contributed by atoms with van der Waals surface area (Å²) in [4.78, 5) is 0. The van der Waals surface area contributed by atoms with Crippen molar-refractivity contribution in [3.63, 3.8) is 0 Å². The van der Waals surface area contributed by atoms with Crippen LogP contribution < -0.4 is 10.5 Å². The second kappa shape index (κ2) is 6.54. The van der Waals surface area contributed by atoms with E-state index in [0.29, 0.717) is 25.5 Å². The molecular weight excluding hydrogens is 256 g/mol. The van der Waals surface area contributed by atoms with Gasteiger partial charge in [0.05, 0.1) is 0 Å². The Morgan fingerprint density at radius 2 is 1.85 bits per heavy atom. The van der Waals surface area contributed by atoms with Gasteiger partial charge in [0, 0.05) is 19.7 Å². The van der Waals surface area contributed by atoms with Crippen molar-refractivity contribution in [1.82, 2.24) is 5.16 Å². The first kappa shape index (κ1) is 14.6. The van der Waals surface area contributed by atoms with Crippen molar-refractivity contribution in [3.8, 4) is 5.75 Å². The Hall–Kier alpha value is -1.85. The minimum atomic E-state index is 0.372. The van der Waals surface area contributed by atoms with Gasteiger partial charge in [-0.2, -0.15) is 0 Å². The van der Waals surface area contributed by atoms with Crippen molar-refractivity contribution < 1.29 is 14.0 Å². The average Bonchev–Trinajstić information content (AvgIpc) is 2.85. The molecule has 0 unspecified atom stereocenters. The molecule has 2 aromatic rings. The van der Waals surface area contributed by atoms with E-state index in [0.717, 1.165) is 28.1 Å². The fourth-order valence-corrected chi connectivity index (χ4v) is 2.17. The lowest BCUT2D eigenvalue weighted by molar-refractivity contribution is 0.155. The third-order valence-electron chi connectivity index (χ3n) is 3.01. The quantitative estimate of drug-likeness (QED) is 0.877. The Morgan fingerprint density at radius 1 is 1.15 bits per heavy atom. The van der Waals surface area contributed by atoms with Gasteiger partial charge in [-0.15, -0.1) is 0 Å². The molecule has 5 nitrogen and oxygen atoms in total. The van der Waals surface area contributed by atoms with Gasteiger partial charge in [0.15, 0.2) is 5.76 Å². The first-order valence-corrected chi connectivity index (χ1v) is 6.50. The van der Waals surface area contributed by atoms with E-state index in [-0.39, 0.29) is 0 Å². The van der Waals surface area contributed by atoms with Crippen LogP contribution in [0.4, 0.5) is 0 Å². The van der Waals surface area contributed by atoms with Crippen molar-refractivity contribution >= 4 is 0 Å². The van der Waals surface area contributed by atoms with Gasteiger partial charge in [-0.1, -0.05) is 17.3 Å². The maximum Gasteiger partial charge on any atom is 0.162 e. The maximum atomic E-state index is 5.84. The zero-order chi connectivity index (χ0) is 14.5. The second-order valence-electron chi connectivity index (χ2n) is 4.77. The molecule has 0 aliphatic rings. The summed E-state index contributed by atoms with van der Waals surface area (Å²) in [5.41, 5.74) is 9.67. The van der Waals surface area contributed by atoms with Crippen molar-refractivity contribution in [2.45, 2.75) is 33.6 Å². The largest absolute Gasteiger partial charge is 0.487 e. The Labute approximate surface area is 118 Å². The summed E-state index contributed by atoms with van der Waals surface area (Å²) in [5, 5.41) is 3.94. The number of nitrogens with zero attached hydrogens (tertiary/aromatic N) is 1. The summed E-state index contributed by atoms with van der Waals surface area (Å²) in [7, 11) is 1.62. The third-order valence-corrected chi connectivity index (χ3v) is 3.01. The lowest BCUT2D eigenvalue weighted by atomic mass is 10.1. The summed E-state index contributed by atoms with van der Waals surface area (Å²) >= 11 is 0. The van der Waals surface area contributed by atoms with E-state index in [1.165, 1.54) is 0 Å². The molecule has 108 valence electrons. The van der Waals surface area contributed by atoms with Crippen LogP contribution in [0.5, 0.6) is 5.75 Å². The molecule has 2 N–H and O–H groups in total. The highest BCUT2D eigenvalue weighted by Gasteiger charge is 2.09. The number of hydrogen-bond donors (Lipinski definition) is 1. The van der Waals surface area contributed by atoms with Gasteiger partial charge < -0.3 is 19.7 Å². The number of benzene rings is 1. The lowest BCUT2D eigenvalue weighted by Gasteiger charge is -2.12. The van der Waals surface area contributed by atoms with E-state index in [2.05, 4.69) is 5.16 Å². The first-order chi connectivity index (χ1) is 9.63. The monoisotopic (exact) mass is 276 g/mol. The molecule has 0 saturated carbocycles. The predicted molar refractivity (Wildman–Crippen MR) is 75.4 cm³/mol. The Bertz CT molecular complexity index is 555. The van der Waals surface area contributed by atoms with Crippen LogP contribution in [0.25, 0.3) is 0 Å². The lowest BCUT2D eigenvalue weighted by Crippen LogP contribution is -2.02. The van der Waals surface area contributed by atoms with Gasteiger partial charge in [0.1, 0.15) is 24.7 Å². The SMILES string of the molecule is COCc1cc(COc2c(C)cc(CN)cc2C)no1. The van der Waals surface area contributed by atoms with Crippen LogP contribution in [0.3, 0.4) is 0 Å². The van der Waals surface area contributed by atoms with Crippen LogP contribution in [0.2, 0.25) is 0 Å². The predicted octanol–water partition coefficient (Wildman–Crippen LogP) is 2.48. The molecule has 0 aliphatic carbocycles. The van der Waals surface area contributed by atoms with E-state index in [9.17, 15) is 0 Å². The fraction of sp³-hybridized carbons (Fsp3) is 0.400. The first-order valence-electron chi connectivity index (χ1n) is 6.50. The summed E-state index contributed by atoms with van der Waals surface area (Å²) in [6.07, 6.45) is 0. The number of ether oxygens (including phenoxy) is 2. The summed E-state index contributed by atoms with van der Waals surface area (Å²) in [6.45, 7) is 5.35. The number of hydrogen-bond acceptors (Lipinski definition) is 5. The Kier molecular flexibility index (Phi) is 4.76. The van der Waals surface area contributed by atoms with Crippen molar-refractivity contribution in [1.29, 1.82) is 0 Å². The van der Waals surface area contributed by atoms with E-state index in [1.54, 1.807) is 7.11 Å². The van der Waals surface area contributed by atoms with Crippen molar-refractivity contribution in [2.24, 2.45) is 5.73 Å². The minimum Gasteiger partial charge on any atom is -0.487 e. The van der Waals surface area contributed by atoms with Crippen molar-refractivity contribution in [3.05, 3.63) is 46.3 Å². The molecule has 0 fully saturated rings. The molecule has 0 atom stereocenters. The summed E-state index contributed by atoms with van der Waals surface area (Å²) < 4.78 is 15.9. The summed E-state index contributed by atoms with van der Waals surface area (Å²) in [6, 6.07) is 5.92. The highest BCUT2D eigenvalue weighted by Crippen LogP contribution is 2.25. The Balaban J connectivity index is 2.06. The highest BCUT2D eigenvalue weighted by molar-refractivity contribution is 5.43. The molecule has 0 bridgehead atoms. The number of rotatable bonds is 6. The zero-order valence-corrected chi connectivity index (χ0v) is 12.1. The molecule has 0 amide bonds. The standard InChI is InChI=1S/C15H20N2O3/c1-10-4-12(7-16)5-11(2)15(10)19-8-13-6-14(9-18-3)20-17-13/h4-6H,7-9,16H2,1-3H3. The highest BCUT2D eigenvalue weighted by atomic mass is 16.5. The van der Waals surface area contributed by atoms with E-state index < -0.39 is 0 Å². The van der Waals surface area contributed by atoms with Gasteiger partial charge in [0.25, 0.3) is 0 Å². The molecule has 5 heteroatoms. The second-order valence-corrected chi connectivity index (χ2v) is 4.77. The third kappa shape index (κ3) is 3.37. The minimum absolute atomic E-state index is 0.372. The van der Waals surface area contributed by atoms with Gasteiger partial charge in [-0.3, -0.25) is 0 Å². The van der Waals surface area contributed by atoms with Crippen LogP contribution in [-0.2, 0) is 24.5 Å². The number of aromatic nitrogens is 1. The van der Waals surface area contributed by atoms with Crippen molar-refractivity contribution in [2.75, 3.05) is 7.11 Å². The van der Waals surface area contributed by atoms with Crippen LogP contribution in [0, 0.1) is 13.8 Å². The zero-order valence-electron chi connectivity index (χ0n) is 12.1. The smallest absolute Gasteiger partial charge is 0.162 e. The van der Waals surface area contributed by atoms with E-state index in [4.69, 9.17) is 19.7 Å². The Morgan fingerprint density at radius 3 is 2.45 bits per heavy atom. The average molecular weight is 276 g/mol. The van der Waals surface area contributed by atoms with E-state index >= 15 is 0 Å². The number of aryl methyl sites for hydroxylation is 2. The van der Waals surface area contributed by atoms with Gasteiger partial charge >= 0.3 is 0 Å². The van der Waals surface area contributed by atoms with E-state index in [1.807, 2.05) is 32.0 Å². The fourth-order valence-electron chi connectivity index (χ4n) is 2.17. The topological polar surface area (TPSA) is 70.5 Å². The number of methoxy groups -OCH3 is 1. The molecule has 0 aliphatic heterocycles. The molecule has 20 heavy (non-hydrogen) atoms. The molecular formula is C15H20N2O3. The normalized spacial score (nSPS) is 10.8. The molecule has 0 saturated heterocycles. The van der Waals surface area contributed by atoms with Crippen LogP contribution in [0.15, 0.2) is 22.7 Å². The van der Waals surface area contributed by atoms with Gasteiger partial charge in [-0.05, 0) is 30.5 Å².